The highest BCUT2D eigenvalue weighted by Gasteiger charge is 2.02. The first-order valence-electron chi connectivity index (χ1n) is 6.68. The molecule has 1 aromatic carbocycles. The number of benzene rings is 1. The van der Waals surface area contributed by atoms with Crippen molar-refractivity contribution in [3.8, 4) is 5.75 Å². The van der Waals surface area contributed by atoms with Crippen LogP contribution in [0.4, 0.5) is 0 Å². The van der Waals surface area contributed by atoms with Crippen molar-refractivity contribution in [3.63, 3.8) is 0 Å². The van der Waals surface area contributed by atoms with Gasteiger partial charge in [-0.3, -0.25) is 4.98 Å². The molecule has 19 heavy (non-hydrogen) atoms. The fourth-order valence-corrected chi connectivity index (χ4v) is 1.99. The summed E-state index contributed by atoms with van der Waals surface area (Å²) in [5.74, 6) is 0.881. The summed E-state index contributed by atoms with van der Waals surface area (Å²) in [5.41, 5.74) is 8.94. The minimum absolute atomic E-state index is 0.439. The highest BCUT2D eigenvalue weighted by molar-refractivity contribution is 5.28. The van der Waals surface area contributed by atoms with Gasteiger partial charge in [0.25, 0.3) is 0 Å². The van der Waals surface area contributed by atoms with Gasteiger partial charge in [0, 0.05) is 18.3 Å². The van der Waals surface area contributed by atoms with Gasteiger partial charge in [-0.05, 0) is 30.2 Å². The van der Waals surface area contributed by atoms with Gasteiger partial charge in [-0.1, -0.05) is 31.5 Å². The summed E-state index contributed by atoms with van der Waals surface area (Å²) in [4.78, 5) is 4.24. The normalized spacial score (nSPS) is 10.4. The van der Waals surface area contributed by atoms with Crippen LogP contribution in [-0.2, 0) is 19.6 Å². The zero-order valence-corrected chi connectivity index (χ0v) is 11.3. The van der Waals surface area contributed by atoms with Crippen LogP contribution in [0.5, 0.6) is 5.75 Å². The van der Waals surface area contributed by atoms with Crippen molar-refractivity contribution in [3.05, 3.63) is 59.4 Å². The van der Waals surface area contributed by atoms with Crippen LogP contribution in [0.15, 0.2) is 42.6 Å². The van der Waals surface area contributed by atoms with Crippen molar-refractivity contribution in [1.82, 2.24) is 4.98 Å². The summed E-state index contributed by atoms with van der Waals surface area (Å²) in [6.07, 6.45) is 4.03. The minimum atomic E-state index is 0.439. The molecule has 0 fully saturated rings. The molecule has 0 radical (unpaired) electrons. The van der Waals surface area contributed by atoms with Crippen molar-refractivity contribution in [2.75, 3.05) is 0 Å². The van der Waals surface area contributed by atoms with Crippen LogP contribution < -0.4 is 10.5 Å². The number of hydrogen-bond acceptors (Lipinski definition) is 3. The van der Waals surface area contributed by atoms with Gasteiger partial charge >= 0.3 is 0 Å². The Hall–Kier alpha value is -1.87. The third-order valence-electron chi connectivity index (χ3n) is 3.03. The van der Waals surface area contributed by atoms with Gasteiger partial charge in [0.2, 0.25) is 0 Å². The SMILES string of the molecule is CCCc1ccc(OCc2cccnc2CN)cc1. The zero-order chi connectivity index (χ0) is 13.5. The number of pyridine rings is 1. The minimum Gasteiger partial charge on any atom is -0.489 e. The maximum atomic E-state index is 5.77. The third kappa shape index (κ3) is 3.80. The van der Waals surface area contributed by atoms with E-state index in [1.54, 1.807) is 6.20 Å². The summed E-state index contributed by atoms with van der Waals surface area (Å²) in [5, 5.41) is 0. The van der Waals surface area contributed by atoms with E-state index in [2.05, 4.69) is 24.0 Å². The smallest absolute Gasteiger partial charge is 0.119 e. The number of nitrogens with zero attached hydrogens (tertiary/aromatic N) is 1. The Morgan fingerprint density at radius 2 is 1.95 bits per heavy atom. The molecule has 0 bridgehead atoms. The predicted octanol–water partition coefficient (Wildman–Crippen LogP) is 3.07. The monoisotopic (exact) mass is 256 g/mol. The van der Waals surface area contributed by atoms with Crippen LogP contribution in [0.3, 0.4) is 0 Å². The second kappa shape index (κ2) is 6.90. The molecule has 3 nitrogen and oxygen atoms in total. The molecule has 2 rings (SSSR count). The van der Waals surface area contributed by atoms with Gasteiger partial charge in [-0.25, -0.2) is 0 Å². The van der Waals surface area contributed by atoms with Crippen LogP contribution in [0.1, 0.15) is 30.2 Å². The Morgan fingerprint density at radius 3 is 2.63 bits per heavy atom. The molecule has 3 heteroatoms. The first kappa shape index (κ1) is 13.6. The zero-order valence-electron chi connectivity index (χ0n) is 11.3. The molecule has 0 atom stereocenters. The van der Waals surface area contributed by atoms with Crippen molar-refractivity contribution >= 4 is 0 Å². The molecule has 0 aliphatic heterocycles. The topological polar surface area (TPSA) is 48.1 Å². The van der Waals surface area contributed by atoms with Crippen molar-refractivity contribution < 1.29 is 4.74 Å². The Labute approximate surface area is 114 Å². The fourth-order valence-electron chi connectivity index (χ4n) is 1.99. The lowest BCUT2D eigenvalue weighted by Crippen LogP contribution is -2.06. The van der Waals surface area contributed by atoms with Gasteiger partial charge in [-0.2, -0.15) is 0 Å². The second-order valence-electron chi connectivity index (χ2n) is 4.50. The Bertz CT molecular complexity index is 508. The Morgan fingerprint density at radius 1 is 1.16 bits per heavy atom. The maximum Gasteiger partial charge on any atom is 0.119 e. The van der Waals surface area contributed by atoms with E-state index in [0.29, 0.717) is 13.2 Å². The van der Waals surface area contributed by atoms with E-state index in [1.807, 2.05) is 24.3 Å². The predicted molar refractivity (Wildman–Crippen MR) is 76.9 cm³/mol. The van der Waals surface area contributed by atoms with E-state index in [0.717, 1.165) is 29.8 Å². The molecule has 2 N–H and O–H groups in total. The number of nitrogens with two attached hydrogens (primary N) is 1. The molecule has 2 aromatic rings. The van der Waals surface area contributed by atoms with E-state index < -0.39 is 0 Å². The van der Waals surface area contributed by atoms with Gasteiger partial charge in [0.05, 0.1) is 5.69 Å². The summed E-state index contributed by atoms with van der Waals surface area (Å²) in [6.45, 7) is 3.13. The molecular formula is C16H20N2O. The molecule has 100 valence electrons. The highest BCUT2D eigenvalue weighted by Crippen LogP contribution is 2.16. The molecule has 0 aliphatic carbocycles. The molecule has 0 saturated carbocycles. The molecule has 0 spiro atoms. The number of aryl methyl sites for hydroxylation is 1. The van der Waals surface area contributed by atoms with Crippen molar-refractivity contribution in [1.29, 1.82) is 0 Å². The molecule has 1 heterocycles. The van der Waals surface area contributed by atoms with E-state index in [1.165, 1.54) is 5.56 Å². The first-order chi connectivity index (χ1) is 9.33. The molecule has 1 aromatic heterocycles. The average molecular weight is 256 g/mol. The number of aromatic nitrogens is 1. The lowest BCUT2D eigenvalue weighted by molar-refractivity contribution is 0.304. The summed E-state index contributed by atoms with van der Waals surface area (Å²) in [6, 6.07) is 12.2. The third-order valence-corrected chi connectivity index (χ3v) is 3.03. The number of ether oxygens (including phenoxy) is 1. The fraction of sp³-hybridized carbons (Fsp3) is 0.312. The van der Waals surface area contributed by atoms with Crippen LogP contribution in [0, 0.1) is 0 Å². The maximum absolute atomic E-state index is 5.77. The molecular weight excluding hydrogens is 236 g/mol. The van der Waals surface area contributed by atoms with Crippen molar-refractivity contribution in [2.24, 2.45) is 5.73 Å². The number of rotatable bonds is 6. The summed E-state index contributed by atoms with van der Waals surface area (Å²) >= 11 is 0. The summed E-state index contributed by atoms with van der Waals surface area (Å²) < 4.78 is 5.77. The standard InChI is InChI=1S/C16H20N2O/c1-2-4-13-6-8-15(9-7-13)19-12-14-5-3-10-18-16(14)11-17/h3,5-10H,2,4,11-12,17H2,1H3. The van der Waals surface area contributed by atoms with Gasteiger partial charge < -0.3 is 10.5 Å². The van der Waals surface area contributed by atoms with E-state index in [-0.39, 0.29) is 0 Å². The largest absolute Gasteiger partial charge is 0.489 e. The molecule has 0 aliphatic rings. The van der Waals surface area contributed by atoms with Crippen LogP contribution in [-0.4, -0.2) is 4.98 Å². The first-order valence-corrected chi connectivity index (χ1v) is 6.68. The lowest BCUT2D eigenvalue weighted by Gasteiger charge is -2.09. The van der Waals surface area contributed by atoms with E-state index in [9.17, 15) is 0 Å². The van der Waals surface area contributed by atoms with E-state index in [4.69, 9.17) is 10.5 Å². The van der Waals surface area contributed by atoms with Gasteiger partial charge in [0.1, 0.15) is 12.4 Å². The molecule has 0 saturated heterocycles. The summed E-state index contributed by atoms with van der Waals surface area (Å²) in [7, 11) is 0. The Kier molecular flexibility index (Phi) is 4.93. The van der Waals surface area contributed by atoms with Crippen LogP contribution in [0.25, 0.3) is 0 Å². The lowest BCUT2D eigenvalue weighted by atomic mass is 10.1. The van der Waals surface area contributed by atoms with Crippen LogP contribution >= 0.6 is 0 Å². The van der Waals surface area contributed by atoms with Crippen molar-refractivity contribution in [2.45, 2.75) is 32.9 Å². The Balaban J connectivity index is 1.98. The van der Waals surface area contributed by atoms with Crippen LogP contribution in [0.2, 0.25) is 0 Å². The van der Waals surface area contributed by atoms with E-state index >= 15 is 0 Å². The molecule has 0 amide bonds. The number of hydrogen-bond donors (Lipinski definition) is 1. The quantitative estimate of drug-likeness (QED) is 0.864. The highest BCUT2D eigenvalue weighted by atomic mass is 16.5. The average Bonchev–Trinajstić information content (AvgIpc) is 2.47. The second-order valence-corrected chi connectivity index (χ2v) is 4.50. The molecule has 0 unspecified atom stereocenters. The van der Waals surface area contributed by atoms with Gasteiger partial charge in [-0.15, -0.1) is 0 Å². The van der Waals surface area contributed by atoms with Gasteiger partial charge in [0.15, 0.2) is 0 Å².